The second-order valence-corrected chi connectivity index (χ2v) is 7.09. The van der Waals surface area contributed by atoms with Crippen LogP contribution in [0.5, 0.6) is 0 Å². The molecule has 1 aromatic heterocycles. The maximum absolute atomic E-state index is 2.30. The van der Waals surface area contributed by atoms with Gasteiger partial charge >= 0.3 is 0 Å². The molecule has 1 rings (SSSR count). The third-order valence-electron chi connectivity index (χ3n) is 2.80. The van der Waals surface area contributed by atoms with E-state index in [0.29, 0.717) is 0 Å². The second kappa shape index (κ2) is 4.72. The molecule has 0 atom stereocenters. The van der Waals surface area contributed by atoms with Crippen LogP contribution in [0.3, 0.4) is 0 Å². The SMILES string of the molecule is Cn1cc(C/C=C/C(C)(C)C)c(C(C)(C)C)c1. The molecule has 0 bridgehead atoms. The average Bonchev–Trinajstić information content (AvgIpc) is 2.43. The molecule has 0 radical (unpaired) electrons. The molecule has 1 heterocycles. The van der Waals surface area contributed by atoms with Crippen LogP contribution in [0.15, 0.2) is 24.5 Å². The molecule has 0 aliphatic carbocycles. The van der Waals surface area contributed by atoms with Crippen LogP contribution in [0.4, 0.5) is 0 Å². The van der Waals surface area contributed by atoms with Crippen LogP contribution in [-0.4, -0.2) is 4.57 Å². The highest BCUT2D eigenvalue weighted by Crippen LogP contribution is 2.27. The lowest BCUT2D eigenvalue weighted by Crippen LogP contribution is -2.12. The monoisotopic (exact) mass is 233 g/mol. The van der Waals surface area contributed by atoms with Crippen LogP contribution in [0.1, 0.15) is 52.7 Å². The summed E-state index contributed by atoms with van der Waals surface area (Å²) in [5, 5.41) is 0. The van der Waals surface area contributed by atoms with E-state index < -0.39 is 0 Å². The van der Waals surface area contributed by atoms with Gasteiger partial charge in [0.1, 0.15) is 0 Å². The summed E-state index contributed by atoms with van der Waals surface area (Å²) in [4.78, 5) is 0. The predicted octanol–water partition coefficient (Wildman–Crippen LogP) is 4.47. The van der Waals surface area contributed by atoms with Gasteiger partial charge in [-0.3, -0.25) is 0 Å². The van der Waals surface area contributed by atoms with Crippen molar-refractivity contribution < 1.29 is 0 Å². The smallest absolute Gasteiger partial charge is 0.0106 e. The summed E-state index contributed by atoms with van der Waals surface area (Å²) in [5.41, 5.74) is 3.40. The topological polar surface area (TPSA) is 4.93 Å². The first-order valence-corrected chi connectivity index (χ1v) is 6.42. The first-order chi connectivity index (χ1) is 7.59. The molecule has 0 spiro atoms. The Hall–Kier alpha value is -0.980. The molecular formula is C16H27N. The zero-order valence-corrected chi connectivity index (χ0v) is 12.5. The highest BCUT2D eigenvalue weighted by molar-refractivity contribution is 5.32. The van der Waals surface area contributed by atoms with Crippen LogP contribution in [0.25, 0.3) is 0 Å². The van der Waals surface area contributed by atoms with Gasteiger partial charge in [-0.15, -0.1) is 0 Å². The van der Waals surface area contributed by atoms with Crippen molar-refractivity contribution in [3.63, 3.8) is 0 Å². The fourth-order valence-corrected chi connectivity index (χ4v) is 2.02. The number of nitrogens with zero attached hydrogens (tertiary/aromatic N) is 1. The van der Waals surface area contributed by atoms with Gasteiger partial charge in [0.2, 0.25) is 0 Å². The van der Waals surface area contributed by atoms with E-state index in [-0.39, 0.29) is 10.8 Å². The van der Waals surface area contributed by atoms with E-state index in [1.807, 2.05) is 0 Å². The van der Waals surface area contributed by atoms with Crippen molar-refractivity contribution in [2.75, 3.05) is 0 Å². The van der Waals surface area contributed by atoms with E-state index in [4.69, 9.17) is 0 Å². The van der Waals surface area contributed by atoms with E-state index >= 15 is 0 Å². The Kier molecular flexibility index (Phi) is 3.91. The van der Waals surface area contributed by atoms with Crippen LogP contribution in [-0.2, 0) is 18.9 Å². The quantitative estimate of drug-likeness (QED) is 0.664. The number of hydrogen-bond donors (Lipinski definition) is 0. The normalized spacial score (nSPS) is 13.6. The predicted molar refractivity (Wildman–Crippen MR) is 76.4 cm³/mol. The molecule has 0 saturated heterocycles. The van der Waals surface area contributed by atoms with Crippen molar-refractivity contribution in [2.45, 2.75) is 53.4 Å². The van der Waals surface area contributed by atoms with E-state index in [2.05, 4.69) is 77.7 Å². The van der Waals surface area contributed by atoms with E-state index in [0.717, 1.165) is 6.42 Å². The van der Waals surface area contributed by atoms with Gasteiger partial charge in [-0.05, 0) is 28.4 Å². The molecule has 1 aromatic rings. The van der Waals surface area contributed by atoms with Gasteiger partial charge in [0, 0.05) is 19.4 Å². The van der Waals surface area contributed by atoms with Gasteiger partial charge in [-0.25, -0.2) is 0 Å². The fourth-order valence-electron chi connectivity index (χ4n) is 2.02. The van der Waals surface area contributed by atoms with Crippen molar-refractivity contribution in [3.05, 3.63) is 35.7 Å². The first kappa shape index (κ1) is 14.1. The lowest BCUT2D eigenvalue weighted by atomic mass is 9.85. The summed E-state index contributed by atoms with van der Waals surface area (Å²) >= 11 is 0. The van der Waals surface area contributed by atoms with Crippen LogP contribution < -0.4 is 0 Å². The standard InChI is InChI=1S/C16H27N/c1-15(2,3)10-8-9-13-11-17(7)12-14(13)16(4,5)6/h8,10-12H,9H2,1-7H3/b10-8+. The Labute approximate surface area is 107 Å². The molecule has 96 valence electrons. The van der Waals surface area contributed by atoms with Gasteiger partial charge in [0.25, 0.3) is 0 Å². The maximum Gasteiger partial charge on any atom is 0.0106 e. The third kappa shape index (κ3) is 4.41. The van der Waals surface area contributed by atoms with Crippen LogP contribution in [0.2, 0.25) is 0 Å². The molecule has 0 aromatic carbocycles. The Balaban J connectivity index is 2.89. The number of hydrogen-bond acceptors (Lipinski definition) is 0. The van der Waals surface area contributed by atoms with Gasteiger partial charge in [-0.1, -0.05) is 53.7 Å². The minimum absolute atomic E-state index is 0.228. The number of aryl methyl sites for hydroxylation is 1. The van der Waals surface area contributed by atoms with E-state index in [1.165, 1.54) is 11.1 Å². The molecular weight excluding hydrogens is 206 g/mol. The highest BCUT2D eigenvalue weighted by Gasteiger charge is 2.18. The summed E-state index contributed by atoms with van der Waals surface area (Å²) in [5.74, 6) is 0. The molecule has 0 amide bonds. The van der Waals surface area contributed by atoms with Gasteiger partial charge < -0.3 is 4.57 Å². The lowest BCUT2D eigenvalue weighted by Gasteiger charge is -2.19. The minimum Gasteiger partial charge on any atom is -0.357 e. The van der Waals surface area contributed by atoms with Crippen molar-refractivity contribution in [3.8, 4) is 0 Å². The minimum atomic E-state index is 0.228. The summed E-state index contributed by atoms with van der Waals surface area (Å²) in [6.45, 7) is 13.5. The highest BCUT2D eigenvalue weighted by atomic mass is 14.9. The first-order valence-electron chi connectivity index (χ1n) is 6.42. The lowest BCUT2D eigenvalue weighted by molar-refractivity contribution is 0.542. The fraction of sp³-hybridized carbons (Fsp3) is 0.625. The molecule has 1 nitrogen and oxygen atoms in total. The molecule has 17 heavy (non-hydrogen) atoms. The average molecular weight is 233 g/mol. The molecule has 0 N–H and O–H groups in total. The molecule has 1 heteroatoms. The third-order valence-corrected chi connectivity index (χ3v) is 2.80. The Morgan fingerprint density at radius 1 is 1.06 bits per heavy atom. The molecule has 0 unspecified atom stereocenters. The number of aromatic nitrogens is 1. The molecule has 0 fully saturated rings. The Morgan fingerprint density at radius 2 is 1.65 bits per heavy atom. The van der Waals surface area contributed by atoms with Crippen molar-refractivity contribution in [1.82, 2.24) is 4.57 Å². The summed E-state index contributed by atoms with van der Waals surface area (Å²) < 4.78 is 2.17. The van der Waals surface area contributed by atoms with Crippen molar-refractivity contribution >= 4 is 0 Å². The summed E-state index contributed by atoms with van der Waals surface area (Å²) in [6.07, 6.45) is 10.1. The molecule has 0 aliphatic heterocycles. The van der Waals surface area contributed by atoms with E-state index in [9.17, 15) is 0 Å². The zero-order valence-electron chi connectivity index (χ0n) is 12.5. The van der Waals surface area contributed by atoms with Gasteiger partial charge in [0.15, 0.2) is 0 Å². The Morgan fingerprint density at radius 3 is 2.12 bits per heavy atom. The number of allylic oxidation sites excluding steroid dienone is 2. The zero-order chi connectivity index (χ0) is 13.3. The molecule has 0 saturated carbocycles. The molecule has 0 aliphatic rings. The Bertz CT molecular complexity index is 394. The summed E-state index contributed by atoms with van der Waals surface area (Å²) in [7, 11) is 2.10. The van der Waals surface area contributed by atoms with Gasteiger partial charge in [-0.2, -0.15) is 0 Å². The van der Waals surface area contributed by atoms with Gasteiger partial charge in [0.05, 0.1) is 0 Å². The van der Waals surface area contributed by atoms with Crippen LogP contribution >= 0.6 is 0 Å². The van der Waals surface area contributed by atoms with Crippen molar-refractivity contribution in [1.29, 1.82) is 0 Å². The largest absolute Gasteiger partial charge is 0.357 e. The maximum atomic E-state index is 2.30. The second-order valence-electron chi connectivity index (χ2n) is 7.09. The summed E-state index contributed by atoms with van der Waals surface area (Å²) in [6, 6.07) is 0. The number of rotatable bonds is 2. The van der Waals surface area contributed by atoms with Crippen LogP contribution in [0, 0.1) is 5.41 Å². The van der Waals surface area contributed by atoms with E-state index in [1.54, 1.807) is 0 Å². The van der Waals surface area contributed by atoms with Crippen molar-refractivity contribution in [2.24, 2.45) is 12.5 Å².